The minimum Gasteiger partial charge on any atom is -0.503 e. The first-order chi connectivity index (χ1) is 16.3. The maximum atomic E-state index is 12.0. The van der Waals surface area contributed by atoms with E-state index in [0.717, 1.165) is 51.4 Å². The number of nitrogens with zero attached hydrogens (tertiary/aromatic N) is 3. The van der Waals surface area contributed by atoms with E-state index >= 15 is 0 Å². The van der Waals surface area contributed by atoms with Crippen molar-refractivity contribution >= 4 is 22.8 Å². The Labute approximate surface area is 200 Å². The highest BCUT2D eigenvalue weighted by molar-refractivity contribution is 6.32. The maximum Gasteiger partial charge on any atom is 0.268 e. The van der Waals surface area contributed by atoms with Crippen molar-refractivity contribution in [3.63, 3.8) is 0 Å². The number of aromatic nitrogens is 3. The van der Waals surface area contributed by atoms with Gasteiger partial charge in [0.15, 0.2) is 11.4 Å². The van der Waals surface area contributed by atoms with Crippen LogP contribution in [-0.4, -0.2) is 19.6 Å². The average Bonchev–Trinajstić information content (AvgIpc) is 3.20. The summed E-state index contributed by atoms with van der Waals surface area (Å²) < 4.78 is 2.12. The molecule has 5 aromatic rings. The molecule has 7 heteroatoms. The van der Waals surface area contributed by atoms with Crippen molar-refractivity contribution in [2.75, 3.05) is 0 Å². The van der Waals surface area contributed by atoms with E-state index in [0.29, 0.717) is 17.1 Å². The van der Waals surface area contributed by atoms with Gasteiger partial charge in [-0.2, -0.15) is 0 Å². The smallest absolute Gasteiger partial charge is 0.268 e. The van der Waals surface area contributed by atoms with Crippen molar-refractivity contribution in [1.82, 2.24) is 14.5 Å². The monoisotopic (exact) mass is 471 g/mol. The molecule has 0 amide bonds. The molecule has 0 atom stereocenters. The highest BCUT2D eigenvalue weighted by Gasteiger charge is 2.24. The number of hydrogen-bond acceptors (Lipinski definition) is 5. The number of pyridine rings is 1. The third-order valence-electron chi connectivity index (χ3n) is 6.30. The second kappa shape index (κ2) is 8.22. The van der Waals surface area contributed by atoms with Gasteiger partial charge in [0.25, 0.3) is 5.43 Å². The second-order valence-corrected chi connectivity index (χ2v) is 8.78. The standard InChI is InChI=1S/C27H22ClN3O3/c1-4-20-30-23-14(2)22(28)15(3)29-27(23)31(20)13-16-9-11-17(12-10-16)18-7-5-6-8-19(18)21-24(32)26(34)25(21)33/h5-12,32H,4,13H2,1-3H3. The van der Waals surface area contributed by atoms with Gasteiger partial charge in [0.2, 0.25) is 5.43 Å². The van der Waals surface area contributed by atoms with Crippen molar-refractivity contribution in [2.24, 2.45) is 0 Å². The molecule has 0 fully saturated rings. The molecule has 34 heavy (non-hydrogen) atoms. The van der Waals surface area contributed by atoms with E-state index in [-0.39, 0.29) is 5.56 Å². The highest BCUT2D eigenvalue weighted by atomic mass is 35.5. The van der Waals surface area contributed by atoms with Crippen LogP contribution in [-0.2, 0) is 13.0 Å². The van der Waals surface area contributed by atoms with Gasteiger partial charge in [-0.3, -0.25) is 9.59 Å². The zero-order chi connectivity index (χ0) is 24.1. The summed E-state index contributed by atoms with van der Waals surface area (Å²) in [6.07, 6.45) is 0.767. The molecule has 0 bridgehead atoms. The topological polar surface area (TPSA) is 85.1 Å². The lowest BCUT2D eigenvalue weighted by molar-refractivity contribution is 0.465. The van der Waals surface area contributed by atoms with Crippen LogP contribution in [0.3, 0.4) is 0 Å². The molecule has 0 aliphatic rings. The molecule has 0 saturated carbocycles. The van der Waals surface area contributed by atoms with Gasteiger partial charge in [0.1, 0.15) is 11.3 Å². The largest absolute Gasteiger partial charge is 0.503 e. The van der Waals surface area contributed by atoms with Crippen LogP contribution in [0.15, 0.2) is 58.1 Å². The molecule has 0 aliphatic carbocycles. The van der Waals surface area contributed by atoms with Gasteiger partial charge < -0.3 is 9.67 Å². The van der Waals surface area contributed by atoms with Crippen LogP contribution < -0.4 is 10.9 Å². The molecule has 1 N–H and O–H groups in total. The van der Waals surface area contributed by atoms with Gasteiger partial charge in [-0.25, -0.2) is 9.97 Å². The predicted molar refractivity (Wildman–Crippen MR) is 134 cm³/mol. The number of rotatable bonds is 5. The fourth-order valence-corrected chi connectivity index (χ4v) is 4.56. The predicted octanol–water partition coefficient (Wildman–Crippen LogP) is 4.95. The van der Waals surface area contributed by atoms with E-state index in [1.807, 2.05) is 50.2 Å². The van der Waals surface area contributed by atoms with E-state index in [1.54, 1.807) is 12.1 Å². The SMILES string of the molecule is CCc1nc2c(C)c(Cl)c(C)nc2n1Cc1ccc(-c2ccccc2-c2c(O)c(=O)c2=O)cc1. The fourth-order valence-electron chi connectivity index (χ4n) is 4.43. The number of fused-ring (bicyclic) bond motifs is 1. The summed E-state index contributed by atoms with van der Waals surface area (Å²) in [5, 5.41) is 10.6. The Morgan fingerprint density at radius 1 is 0.941 bits per heavy atom. The molecule has 0 unspecified atom stereocenters. The van der Waals surface area contributed by atoms with Crippen molar-refractivity contribution in [3.8, 4) is 28.0 Å². The van der Waals surface area contributed by atoms with E-state index in [4.69, 9.17) is 21.6 Å². The molecule has 3 aromatic carbocycles. The molecule has 2 aromatic heterocycles. The zero-order valence-electron chi connectivity index (χ0n) is 19.0. The second-order valence-electron chi connectivity index (χ2n) is 8.40. The summed E-state index contributed by atoms with van der Waals surface area (Å²) in [5.41, 5.74) is 5.24. The molecular weight excluding hydrogens is 450 g/mol. The number of benzene rings is 2. The molecule has 170 valence electrons. The Morgan fingerprint density at radius 3 is 2.26 bits per heavy atom. The number of halogens is 1. The molecule has 0 radical (unpaired) electrons. The number of hydrogen-bond donors (Lipinski definition) is 1. The van der Waals surface area contributed by atoms with Gasteiger partial charge in [-0.05, 0) is 41.7 Å². The first-order valence-electron chi connectivity index (χ1n) is 11.0. The lowest BCUT2D eigenvalue weighted by atomic mass is 9.91. The number of aromatic hydroxyl groups is 1. The van der Waals surface area contributed by atoms with Gasteiger partial charge in [-0.15, -0.1) is 0 Å². The quantitative estimate of drug-likeness (QED) is 0.367. The number of imidazole rings is 1. The van der Waals surface area contributed by atoms with Crippen molar-refractivity contribution < 1.29 is 5.11 Å². The summed E-state index contributed by atoms with van der Waals surface area (Å²) in [7, 11) is 0. The van der Waals surface area contributed by atoms with Gasteiger partial charge in [-0.1, -0.05) is 67.1 Å². The van der Waals surface area contributed by atoms with Crippen molar-refractivity contribution in [3.05, 3.63) is 96.6 Å². The van der Waals surface area contributed by atoms with Gasteiger partial charge >= 0.3 is 0 Å². The van der Waals surface area contributed by atoms with Gasteiger partial charge in [0, 0.05) is 6.42 Å². The zero-order valence-corrected chi connectivity index (χ0v) is 19.8. The lowest BCUT2D eigenvalue weighted by Gasteiger charge is -2.13. The van der Waals surface area contributed by atoms with E-state index in [1.165, 1.54) is 0 Å². The van der Waals surface area contributed by atoms with Crippen LogP contribution in [0.25, 0.3) is 33.4 Å². The Kier molecular flexibility index (Phi) is 5.33. The third kappa shape index (κ3) is 3.33. The minimum atomic E-state index is -0.834. The molecule has 5 rings (SSSR count). The van der Waals surface area contributed by atoms with Crippen molar-refractivity contribution in [1.29, 1.82) is 0 Å². The molecule has 0 spiro atoms. The maximum absolute atomic E-state index is 12.0. The lowest BCUT2D eigenvalue weighted by Crippen LogP contribution is -2.31. The molecule has 0 saturated heterocycles. The summed E-state index contributed by atoms with van der Waals surface area (Å²) in [6.45, 7) is 6.54. The van der Waals surface area contributed by atoms with Crippen LogP contribution in [0.2, 0.25) is 5.02 Å². The Bertz CT molecular complexity index is 1640. The van der Waals surface area contributed by atoms with Gasteiger partial charge in [0.05, 0.1) is 22.8 Å². The van der Waals surface area contributed by atoms with E-state index in [2.05, 4.69) is 11.5 Å². The first-order valence-corrected chi connectivity index (χ1v) is 11.4. The molecule has 6 nitrogen and oxygen atoms in total. The first kappa shape index (κ1) is 22.0. The Balaban J connectivity index is 1.53. The van der Waals surface area contributed by atoms with Crippen LogP contribution in [0.4, 0.5) is 0 Å². The van der Waals surface area contributed by atoms with E-state index in [9.17, 15) is 14.7 Å². The van der Waals surface area contributed by atoms with Crippen LogP contribution in [0.1, 0.15) is 29.6 Å². The van der Waals surface area contributed by atoms with Crippen LogP contribution >= 0.6 is 11.6 Å². The summed E-state index contributed by atoms with van der Waals surface area (Å²) in [6, 6.07) is 15.3. The summed E-state index contributed by atoms with van der Waals surface area (Å²) in [5.74, 6) is 0.476. The average molecular weight is 472 g/mol. The van der Waals surface area contributed by atoms with Crippen LogP contribution in [0, 0.1) is 13.8 Å². The van der Waals surface area contributed by atoms with Crippen molar-refractivity contribution in [2.45, 2.75) is 33.7 Å². The van der Waals surface area contributed by atoms with E-state index < -0.39 is 16.6 Å². The molecule has 0 aliphatic heterocycles. The summed E-state index contributed by atoms with van der Waals surface area (Å²) >= 11 is 6.40. The number of aryl methyl sites for hydroxylation is 3. The van der Waals surface area contributed by atoms with Crippen LogP contribution in [0.5, 0.6) is 5.75 Å². The molecule has 2 heterocycles. The minimum absolute atomic E-state index is 0.0811. The Morgan fingerprint density at radius 2 is 1.62 bits per heavy atom. The molecular formula is C27H22ClN3O3. The third-order valence-corrected chi connectivity index (χ3v) is 6.86. The normalized spacial score (nSPS) is 11.5. The highest BCUT2D eigenvalue weighted by Crippen LogP contribution is 2.34. The Hall–Kier alpha value is -3.77. The fraction of sp³-hybridized carbons (Fsp3) is 0.185. The summed E-state index contributed by atoms with van der Waals surface area (Å²) in [4.78, 5) is 33.1.